The van der Waals surface area contributed by atoms with Gasteiger partial charge in [-0.25, -0.2) is 0 Å². The lowest BCUT2D eigenvalue weighted by Gasteiger charge is -2.12. The Hall–Kier alpha value is -0.870. The monoisotopic (exact) mass is 225 g/mol. The molecule has 0 radical (unpaired) electrons. The van der Waals surface area contributed by atoms with Gasteiger partial charge in [0.15, 0.2) is 0 Å². The van der Waals surface area contributed by atoms with Crippen LogP contribution in [-0.4, -0.2) is 27.5 Å². The fourth-order valence-electron chi connectivity index (χ4n) is 1.87. The second-order valence-electron chi connectivity index (χ2n) is 4.26. The van der Waals surface area contributed by atoms with Gasteiger partial charge < -0.3 is 10.4 Å². The number of aromatic nitrogens is 2. The minimum atomic E-state index is 0.236. The third kappa shape index (κ3) is 3.06. The summed E-state index contributed by atoms with van der Waals surface area (Å²) >= 11 is 0. The Balaban J connectivity index is 2.63. The van der Waals surface area contributed by atoms with Crippen LogP contribution in [0.2, 0.25) is 0 Å². The fourth-order valence-corrected chi connectivity index (χ4v) is 1.87. The van der Waals surface area contributed by atoms with Gasteiger partial charge in [-0.2, -0.15) is 5.10 Å². The van der Waals surface area contributed by atoms with Crippen molar-refractivity contribution in [3.8, 4) is 0 Å². The summed E-state index contributed by atoms with van der Waals surface area (Å²) in [5.74, 6) is 0. The third-order valence-corrected chi connectivity index (χ3v) is 3.02. The molecule has 0 saturated carbocycles. The summed E-state index contributed by atoms with van der Waals surface area (Å²) in [5, 5.41) is 16.7. The van der Waals surface area contributed by atoms with Crippen LogP contribution in [0.25, 0.3) is 0 Å². The van der Waals surface area contributed by atoms with E-state index < -0.39 is 0 Å². The fraction of sp³-hybridized carbons (Fsp3) is 0.750. The van der Waals surface area contributed by atoms with Crippen molar-refractivity contribution in [1.29, 1.82) is 0 Å². The first-order chi connectivity index (χ1) is 7.60. The number of hydrogen-bond donors (Lipinski definition) is 2. The summed E-state index contributed by atoms with van der Waals surface area (Å²) < 4.78 is 2.03. The highest BCUT2D eigenvalue weighted by Gasteiger charge is 2.11. The van der Waals surface area contributed by atoms with Gasteiger partial charge in [0.2, 0.25) is 0 Å². The van der Waals surface area contributed by atoms with E-state index in [0.717, 1.165) is 25.2 Å². The van der Waals surface area contributed by atoms with Gasteiger partial charge in [0, 0.05) is 37.0 Å². The molecule has 0 fully saturated rings. The molecule has 1 atom stereocenters. The molecule has 0 amide bonds. The van der Waals surface area contributed by atoms with E-state index in [1.54, 1.807) is 0 Å². The molecule has 0 aliphatic carbocycles. The lowest BCUT2D eigenvalue weighted by Crippen LogP contribution is -2.26. The van der Waals surface area contributed by atoms with E-state index in [1.165, 1.54) is 11.3 Å². The van der Waals surface area contributed by atoms with E-state index in [4.69, 9.17) is 5.11 Å². The summed E-state index contributed by atoms with van der Waals surface area (Å²) in [4.78, 5) is 0. The number of aliphatic hydroxyl groups excluding tert-OH is 1. The van der Waals surface area contributed by atoms with Crippen molar-refractivity contribution < 1.29 is 5.11 Å². The molecule has 4 heteroatoms. The van der Waals surface area contributed by atoms with Crippen molar-refractivity contribution in [1.82, 2.24) is 15.1 Å². The van der Waals surface area contributed by atoms with Crippen LogP contribution in [-0.2, 0) is 13.1 Å². The minimum Gasteiger partial charge on any atom is -0.396 e. The summed E-state index contributed by atoms with van der Waals surface area (Å²) in [6, 6.07) is 0.341. The zero-order chi connectivity index (χ0) is 12.1. The number of aryl methyl sites for hydroxylation is 2. The lowest BCUT2D eigenvalue weighted by atomic mass is 10.1. The van der Waals surface area contributed by atoms with Gasteiger partial charge in [0.25, 0.3) is 0 Å². The highest BCUT2D eigenvalue weighted by atomic mass is 16.3. The maximum Gasteiger partial charge on any atom is 0.0641 e. The predicted molar refractivity (Wildman–Crippen MR) is 65.4 cm³/mol. The molecule has 1 aromatic heterocycles. The van der Waals surface area contributed by atoms with Crippen LogP contribution >= 0.6 is 0 Å². The van der Waals surface area contributed by atoms with Crippen LogP contribution in [0.15, 0.2) is 0 Å². The second-order valence-corrected chi connectivity index (χ2v) is 4.26. The molecule has 4 nitrogen and oxygen atoms in total. The van der Waals surface area contributed by atoms with E-state index in [1.807, 2.05) is 11.6 Å². The quantitative estimate of drug-likeness (QED) is 0.769. The van der Waals surface area contributed by atoms with Crippen LogP contribution in [0.4, 0.5) is 0 Å². The highest BCUT2D eigenvalue weighted by Crippen LogP contribution is 2.12. The summed E-state index contributed by atoms with van der Waals surface area (Å²) in [6.07, 6.45) is 0.792. The second kappa shape index (κ2) is 6.01. The molecule has 16 heavy (non-hydrogen) atoms. The van der Waals surface area contributed by atoms with Gasteiger partial charge in [0.05, 0.1) is 5.69 Å². The van der Waals surface area contributed by atoms with Gasteiger partial charge in [-0.3, -0.25) is 4.68 Å². The summed E-state index contributed by atoms with van der Waals surface area (Å²) in [7, 11) is 0. The van der Waals surface area contributed by atoms with E-state index in [9.17, 15) is 0 Å². The molecule has 0 aliphatic heterocycles. The van der Waals surface area contributed by atoms with E-state index in [0.29, 0.717) is 6.04 Å². The van der Waals surface area contributed by atoms with Crippen molar-refractivity contribution in [2.24, 2.45) is 0 Å². The standard InChI is InChI=1S/C12H23N3O/c1-5-15-11(4)12(10(3)14-15)8-13-9(2)6-7-16/h9,13,16H,5-8H2,1-4H3/t9-/m1/s1. The largest absolute Gasteiger partial charge is 0.396 e. The first-order valence-electron chi connectivity index (χ1n) is 5.97. The Bertz CT molecular complexity index is 333. The first kappa shape index (κ1) is 13.2. The lowest BCUT2D eigenvalue weighted by molar-refractivity contribution is 0.268. The van der Waals surface area contributed by atoms with Crippen molar-refractivity contribution in [3.05, 3.63) is 17.0 Å². The maximum absolute atomic E-state index is 8.83. The zero-order valence-corrected chi connectivity index (χ0v) is 10.7. The van der Waals surface area contributed by atoms with Crippen molar-refractivity contribution in [2.75, 3.05) is 6.61 Å². The van der Waals surface area contributed by atoms with Gasteiger partial charge in [0.1, 0.15) is 0 Å². The average molecular weight is 225 g/mol. The Labute approximate surface area is 97.7 Å². The molecule has 1 heterocycles. The molecule has 0 aliphatic rings. The number of nitrogens with one attached hydrogen (secondary N) is 1. The Morgan fingerprint density at radius 1 is 1.44 bits per heavy atom. The molecular formula is C12H23N3O. The number of nitrogens with zero attached hydrogens (tertiary/aromatic N) is 2. The normalized spacial score (nSPS) is 13.1. The van der Waals surface area contributed by atoms with Gasteiger partial charge in [-0.15, -0.1) is 0 Å². The van der Waals surface area contributed by atoms with Gasteiger partial charge in [-0.05, 0) is 34.1 Å². The molecule has 92 valence electrons. The molecule has 0 bridgehead atoms. The Morgan fingerprint density at radius 3 is 2.62 bits per heavy atom. The van der Waals surface area contributed by atoms with E-state index >= 15 is 0 Å². The topological polar surface area (TPSA) is 50.1 Å². The molecular weight excluding hydrogens is 202 g/mol. The van der Waals surface area contributed by atoms with Gasteiger partial charge in [-0.1, -0.05) is 0 Å². The average Bonchev–Trinajstić information content (AvgIpc) is 2.52. The van der Waals surface area contributed by atoms with Crippen molar-refractivity contribution >= 4 is 0 Å². The van der Waals surface area contributed by atoms with E-state index in [-0.39, 0.29) is 6.61 Å². The molecule has 0 aromatic carbocycles. The van der Waals surface area contributed by atoms with Crippen LogP contribution in [0.3, 0.4) is 0 Å². The van der Waals surface area contributed by atoms with Crippen LogP contribution in [0, 0.1) is 13.8 Å². The Kier molecular flexibility index (Phi) is 4.96. The number of hydrogen-bond acceptors (Lipinski definition) is 3. The SMILES string of the molecule is CCn1nc(C)c(CN[C@H](C)CCO)c1C. The third-order valence-electron chi connectivity index (χ3n) is 3.02. The smallest absolute Gasteiger partial charge is 0.0641 e. The molecule has 2 N–H and O–H groups in total. The Morgan fingerprint density at radius 2 is 2.12 bits per heavy atom. The highest BCUT2D eigenvalue weighted by molar-refractivity contribution is 5.24. The molecule has 0 saturated heterocycles. The summed E-state index contributed by atoms with van der Waals surface area (Å²) in [5.41, 5.74) is 3.62. The van der Waals surface area contributed by atoms with Crippen molar-refractivity contribution in [3.63, 3.8) is 0 Å². The predicted octanol–water partition coefficient (Wildman–Crippen LogP) is 1.38. The molecule has 0 spiro atoms. The zero-order valence-electron chi connectivity index (χ0n) is 10.7. The van der Waals surface area contributed by atoms with Crippen LogP contribution in [0.1, 0.15) is 37.2 Å². The number of rotatable bonds is 6. The minimum absolute atomic E-state index is 0.236. The van der Waals surface area contributed by atoms with Gasteiger partial charge >= 0.3 is 0 Å². The summed E-state index contributed by atoms with van der Waals surface area (Å²) in [6.45, 7) is 10.3. The van der Waals surface area contributed by atoms with Crippen molar-refractivity contribution in [2.45, 2.75) is 53.2 Å². The van der Waals surface area contributed by atoms with Crippen LogP contribution < -0.4 is 5.32 Å². The number of aliphatic hydroxyl groups is 1. The maximum atomic E-state index is 8.83. The van der Waals surface area contributed by atoms with E-state index in [2.05, 4.69) is 31.2 Å². The molecule has 1 aromatic rings. The molecule has 1 rings (SSSR count). The molecule has 0 unspecified atom stereocenters. The van der Waals surface area contributed by atoms with Crippen LogP contribution in [0.5, 0.6) is 0 Å². The first-order valence-corrected chi connectivity index (χ1v) is 5.97.